The maximum absolute atomic E-state index is 12.1. The van der Waals surface area contributed by atoms with Crippen molar-refractivity contribution in [3.63, 3.8) is 0 Å². The summed E-state index contributed by atoms with van der Waals surface area (Å²) in [6.07, 6.45) is 0. The number of thiophene rings is 1. The van der Waals surface area contributed by atoms with Crippen molar-refractivity contribution in [3.8, 4) is 0 Å². The number of anilines is 1. The topological polar surface area (TPSA) is 84.2 Å². The Labute approximate surface area is 110 Å². The van der Waals surface area contributed by atoms with E-state index in [0.717, 1.165) is 5.56 Å². The monoisotopic (exact) mass is 283 g/mol. The first-order chi connectivity index (χ1) is 8.63. The summed E-state index contributed by atoms with van der Waals surface area (Å²) in [5.41, 5.74) is 3.68. The van der Waals surface area contributed by atoms with E-state index < -0.39 is 10.0 Å². The molecule has 2 rings (SSSR count). The van der Waals surface area contributed by atoms with Crippen LogP contribution in [-0.4, -0.2) is 8.42 Å². The Morgan fingerprint density at radius 1 is 1.22 bits per heavy atom. The standard InChI is InChI=1S/C11H13N3O2S2/c12-14-10-3-1-2-4-11(10)18(15,16)13-7-9-5-6-17-8-9/h1-6,8,13-14H,7,12H2. The van der Waals surface area contributed by atoms with Crippen molar-refractivity contribution in [3.05, 3.63) is 46.7 Å². The van der Waals surface area contributed by atoms with Crippen molar-refractivity contribution in [1.82, 2.24) is 4.72 Å². The third-order valence-electron chi connectivity index (χ3n) is 2.38. The number of hydrogen-bond acceptors (Lipinski definition) is 5. The van der Waals surface area contributed by atoms with Crippen LogP contribution >= 0.6 is 11.3 Å². The highest BCUT2D eigenvalue weighted by atomic mass is 32.2. The molecule has 1 aromatic heterocycles. The average molecular weight is 283 g/mol. The van der Waals surface area contributed by atoms with Gasteiger partial charge in [-0.25, -0.2) is 13.1 Å². The molecule has 96 valence electrons. The number of para-hydroxylation sites is 1. The molecule has 0 bridgehead atoms. The summed E-state index contributed by atoms with van der Waals surface area (Å²) in [4.78, 5) is 0.141. The molecule has 1 heterocycles. The number of rotatable bonds is 5. The van der Waals surface area contributed by atoms with Gasteiger partial charge in [0.25, 0.3) is 0 Å². The van der Waals surface area contributed by atoms with Gasteiger partial charge in [-0.05, 0) is 34.5 Å². The summed E-state index contributed by atoms with van der Waals surface area (Å²) in [7, 11) is -3.57. The first kappa shape index (κ1) is 13.0. The maximum Gasteiger partial charge on any atom is 0.242 e. The Morgan fingerprint density at radius 3 is 2.67 bits per heavy atom. The molecule has 0 aliphatic rings. The molecule has 4 N–H and O–H groups in total. The number of nitrogens with one attached hydrogen (secondary N) is 2. The molecule has 0 unspecified atom stereocenters. The van der Waals surface area contributed by atoms with Crippen molar-refractivity contribution < 1.29 is 8.42 Å². The number of nitrogen functional groups attached to an aromatic ring is 1. The lowest BCUT2D eigenvalue weighted by atomic mass is 10.3. The molecule has 0 aliphatic carbocycles. The summed E-state index contributed by atoms with van der Waals surface area (Å²) >= 11 is 1.53. The van der Waals surface area contributed by atoms with Crippen molar-refractivity contribution >= 4 is 27.0 Å². The van der Waals surface area contributed by atoms with E-state index in [1.54, 1.807) is 18.2 Å². The van der Waals surface area contributed by atoms with Crippen molar-refractivity contribution in [2.45, 2.75) is 11.4 Å². The Bertz CT molecular complexity index is 609. The fourth-order valence-corrected chi connectivity index (χ4v) is 3.32. The van der Waals surface area contributed by atoms with E-state index in [9.17, 15) is 8.42 Å². The third kappa shape index (κ3) is 2.88. The third-order valence-corrected chi connectivity index (χ3v) is 4.57. The fourth-order valence-electron chi connectivity index (χ4n) is 1.47. The van der Waals surface area contributed by atoms with E-state index in [4.69, 9.17) is 5.84 Å². The minimum Gasteiger partial charge on any atom is -0.323 e. The quantitative estimate of drug-likeness (QED) is 0.573. The van der Waals surface area contributed by atoms with Gasteiger partial charge >= 0.3 is 0 Å². The Morgan fingerprint density at radius 2 is 2.00 bits per heavy atom. The second-order valence-electron chi connectivity index (χ2n) is 3.60. The molecule has 1 aromatic carbocycles. The second-order valence-corrected chi connectivity index (χ2v) is 6.11. The lowest BCUT2D eigenvalue weighted by Gasteiger charge is -2.10. The van der Waals surface area contributed by atoms with Gasteiger partial charge in [0.1, 0.15) is 4.90 Å². The highest BCUT2D eigenvalue weighted by molar-refractivity contribution is 7.89. The molecule has 0 radical (unpaired) electrons. The van der Waals surface area contributed by atoms with Crippen molar-refractivity contribution in [1.29, 1.82) is 0 Å². The van der Waals surface area contributed by atoms with Crippen LogP contribution in [0.4, 0.5) is 5.69 Å². The molecular weight excluding hydrogens is 270 g/mol. The zero-order valence-electron chi connectivity index (χ0n) is 9.46. The highest BCUT2D eigenvalue weighted by Gasteiger charge is 2.17. The van der Waals surface area contributed by atoms with E-state index >= 15 is 0 Å². The fraction of sp³-hybridized carbons (Fsp3) is 0.0909. The van der Waals surface area contributed by atoms with E-state index in [1.165, 1.54) is 17.4 Å². The Kier molecular flexibility index (Phi) is 3.97. The maximum atomic E-state index is 12.1. The Hall–Kier alpha value is -1.41. The van der Waals surface area contributed by atoms with Gasteiger partial charge < -0.3 is 5.43 Å². The van der Waals surface area contributed by atoms with Gasteiger partial charge in [-0.1, -0.05) is 12.1 Å². The van der Waals surface area contributed by atoms with E-state index in [2.05, 4.69) is 10.1 Å². The van der Waals surface area contributed by atoms with E-state index in [-0.39, 0.29) is 11.4 Å². The minimum absolute atomic E-state index is 0.141. The molecule has 7 heteroatoms. The molecule has 0 aliphatic heterocycles. The highest BCUT2D eigenvalue weighted by Crippen LogP contribution is 2.19. The second kappa shape index (κ2) is 5.49. The SMILES string of the molecule is NNc1ccccc1S(=O)(=O)NCc1ccsc1. The predicted molar refractivity (Wildman–Crippen MR) is 72.6 cm³/mol. The van der Waals surface area contributed by atoms with Crippen LogP contribution in [0, 0.1) is 0 Å². The molecule has 0 saturated carbocycles. The van der Waals surface area contributed by atoms with Crippen LogP contribution in [0.1, 0.15) is 5.56 Å². The zero-order chi connectivity index (χ0) is 13.0. The molecule has 0 atom stereocenters. The van der Waals surface area contributed by atoms with Gasteiger partial charge in [-0.15, -0.1) is 0 Å². The molecule has 5 nitrogen and oxygen atoms in total. The van der Waals surface area contributed by atoms with E-state index in [1.807, 2.05) is 16.8 Å². The molecule has 0 saturated heterocycles. The normalized spacial score (nSPS) is 11.4. The Balaban J connectivity index is 2.20. The largest absolute Gasteiger partial charge is 0.323 e. The van der Waals surface area contributed by atoms with Crippen LogP contribution < -0.4 is 16.0 Å². The smallest absolute Gasteiger partial charge is 0.242 e. The number of hydrazine groups is 1. The number of sulfonamides is 1. The molecule has 0 fully saturated rings. The molecule has 18 heavy (non-hydrogen) atoms. The molecule has 0 amide bonds. The number of nitrogens with two attached hydrogens (primary N) is 1. The summed E-state index contributed by atoms with van der Waals surface area (Å²) in [6.45, 7) is 0.269. The summed E-state index contributed by atoms with van der Waals surface area (Å²) in [5.74, 6) is 5.30. The summed E-state index contributed by atoms with van der Waals surface area (Å²) in [5, 5.41) is 3.80. The van der Waals surface area contributed by atoms with Gasteiger partial charge in [0.15, 0.2) is 0 Å². The van der Waals surface area contributed by atoms with Crippen LogP contribution in [-0.2, 0) is 16.6 Å². The average Bonchev–Trinajstić information content (AvgIpc) is 2.89. The summed E-state index contributed by atoms with van der Waals surface area (Å²) in [6, 6.07) is 8.36. The molecular formula is C11H13N3O2S2. The lowest BCUT2D eigenvalue weighted by molar-refractivity contribution is 0.581. The minimum atomic E-state index is -3.57. The van der Waals surface area contributed by atoms with Gasteiger partial charge in [0.05, 0.1) is 5.69 Å². The van der Waals surface area contributed by atoms with Crippen LogP contribution in [0.25, 0.3) is 0 Å². The van der Waals surface area contributed by atoms with Gasteiger partial charge in [0, 0.05) is 6.54 Å². The van der Waals surface area contributed by atoms with Crippen molar-refractivity contribution in [2.75, 3.05) is 5.43 Å². The van der Waals surface area contributed by atoms with E-state index in [0.29, 0.717) is 5.69 Å². The van der Waals surface area contributed by atoms with Gasteiger partial charge in [0.2, 0.25) is 10.0 Å². The lowest BCUT2D eigenvalue weighted by Crippen LogP contribution is -2.24. The van der Waals surface area contributed by atoms with Gasteiger partial charge in [-0.3, -0.25) is 5.84 Å². The van der Waals surface area contributed by atoms with Gasteiger partial charge in [-0.2, -0.15) is 11.3 Å². The number of hydrogen-bond donors (Lipinski definition) is 3. The van der Waals surface area contributed by atoms with Crippen LogP contribution in [0.5, 0.6) is 0 Å². The first-order valence-corrected chi connectivity index (χ1v) is 7.62. The molecule has 2 aromatic rings. The number of benzene rings is 1. The van der Waals surface area contributed by atoms with Crippen LogP contribution in [0.15, 0.2) is 46.0 Å². The summed E-state index contributed by atoms with van der Waals surface area (Å²) < 4.78 is 26.7. The zero-order valence-corrected chi connectivity index (χ0v) is 11.1. The first-order valence-electron chi connectivity index (χ1n) is 5.20. The van der Waals surface area contributed by atoms with Crippen molar-refractivity contribution in [2.24, 2.45) is 5.84 Å². The predicted octanol–water partition coefficient (Wildman–Crippen LogP) is 1.51. The van der Waals surface area contributed by atoms with Crippen LogP contribution in [0.3, 0.4) is 0 Å². The van der Waals surface area contributed by atoms with Crippen LogP contribution in [0.2, 0.25) is 0 Å². The molecule has 0 spiro atoms.